The fourth-order valence-corrected chi connectivity index (χ4v) is 3.30. The van der Waals surface area contributed by atoms with Gasteiger partial charge >= 0.3 is 5.97 Å². The van der Waals surface area contributed by atoms with E-state index in [0.717, 1.165) is 19.3 Å². The molecule has 0 aromatic heterocycles. The zero-order valence-electron chi connectivity index (χ0n) is 18.1. The molecule has 164 valence electrons. The Bertz CT molecular complexity index is 461. The van der Waals surface area contributed by atoms with Crippen LogP contribution >= 0.6 is 0 Å². The molecule has 1 rings (SSSR count). The SMILES string of the molecule is CCCCCCCCCCC(=O)NC(CCCNC1(N)N[C@H]1C)C(=O)OCC. The van der Waals surface area contributed by atoms with Crippen molar-refractivity contribution in [2.75, 3.05) is 13.2 Å². The third-order valence-corrected chi connectivity index (χ3v) is 5.31. The fraction of sp³-hybridized carbons (Fsp3) is 0.905. The average Bonchev–Trinajstić information content (AvgIpc) is 3.26. The van der Waals surface area contributed by atoms with E-state index in [1.165, 1.54) is 38.5 Å². The zero-order chi connectivity index (χ0) is 20.8. The van der Waals surface area contributed by atoms with Gasteiger partial charge in [-0.15, -0.1) is 0 Å². The van der Waals surface area contributed by atoms with E-state index in [1.807, 2.05) is 6.92 Å². The quantitative estimate of drug-likeness (QED) is 0.129. The molecule has 1 aliphatic heterocycles. The summed E-state index contributed by atoms with van der Waals surface area (Å²) in [5.74, 6) is -0.906. The van der Waals surface area contributed by atoms with Gasteiger partial charge in [-0.1, -0.05) is 51.9 Å². The Labute approximate surface area is 170 Å². The number of hydrogen-bond acceptors (Lipinski definition) is 6. The summed E-state index contributed by atoms with van der Waals surface area (Å²) in [5.41, 5.74) is 6.02. The van der Waals surface area contributed by atoms with Crippen molar-refractivity contribution < 1.29 is 14.3 Å². The highest BCUT2D eigenvalue weighted by molar-refractivity contribution is 5.84. The van der Waals surface area contributed by atoms with Crippen molar-refractivity contribution in [3.05, 3.63) is 0 Å². The van der Waals surface area contributed by atoms with Gasteiger partial charge < -0.3 is 10.1 Å². The maximum absolute atomic E-state index is 12.2. The summed E-state index contributed by atoms with van der Waals surface area (Å²) in [6.07, 6.45) is 11.3. The van der Waals surface area contributed by atoms with Crippen LogP contribution in [-0.2, 0) is 14.3 Å². The van der Waals surface area contributed by atoms with Gasteiger partial charge in [0.05, 0.1) is 12.6 Å². The molecule has 2 unspecified atom stereocenters. The number of amides is 1. The first-order valence-electron chi connectivity index (χ1n) is 11.2. The van der Waals surface area contributed by atoms with Crippen molar-refractivity contribution >= 4 is 11.9 Å². The Morgan fingerprint density at radius 1 is 1.07 bits per heavy atom. The Kier molecular flexibility index (Phi) is 12.3. The molecule has 1 amide bonds. The first-order valence-corrected chi connectivity index (χ1v) is 11.2. The predicted octanol–water partition coefficient (Wildman–Crippen LogP) is 2.54. The standard InChI is InChI=1S/C21H42N4O3/c1-4-6-7-8-9-10-11-12-15-19(26)24-18(20(27)28-5-2)14-13-16-23-21(22)17(3)25-21/h17-18,23,25H,4-16,22H2,1-3H3,(H,24,26)/t17-,18?,21?/m0/s1. The molecule has 3 atom stereocenters. The van der Waals surface area contributed by atoms with Crippen molar-refractivity contribution in [2.45, 2.75) is 109 Å². The Morgan fingerprint density at radius 2 is 1.68 bits per heavy atom. The molecular formula is C21H42N4O3. The minimum absolute atomic E-state index is 0.0650. The summed E-state index contributed by atoms with van der Waals surface area (Å²) >= 11 is 0. The van der Waals surface area contributed by atoms with Crippen molar-refractivity contribution in [3.8, 4) is 0 Å². The number of nitrogens with two attached hydrogens (primary N) is 1. The molecule has 0 bridgehead atoms. The van der Waals surface area contributed by atoms with Gasteiger partial charge in [0.15, 0.2) is 0 Å². The molecule has 1 heterocycles. The maximum Gasteiger partial charge on any atom is 0.328 e. The van der Waals surface area contributed by atoms with E-state index in [9.17, 15) is 9.59 Å². The van der Waals surface area contributed by atoms with E-state index in [1.54, 1.807) is 6.92 Å². The lowest BCUT2D eigenvalue weighted by molar-refractivity contribution is -0.147. The second-order valence-electron chi connectivity index (χ2n) is 7.90. The molecule has 5 N–H and O–H groups in total. The van der Waals surface area contributed by atoms with Gasteiger partial charge in [0.1, 0.15) is 11.8 Å². The Hall–Kier alpha value is -1.18. The lowest BCUT2D eigenvalue weighted by Crippen LogP contribution is -2.47. The lowest BCUT2D eigenvalue weighted by atomic mass is 10.1. The summed E-state index contributed by atoms with van der Waals surface area (Å²) in [6, 6.07) is -0.332. The van der Waals surface area contributed by atoms with Crippen molar-refractivity contribution in [2.24, 2.45) is 5.73 Å². The highest BCUT2D eigenvalue weighted by Gasteiger charge is 2.46. The molecular weight excluding hydrogens is 356 g/mol. The van der Waals surface area contributed by atoms with Gasteiger partial charge in [0, 0.05) is 6.42 Å². The van der Waals surface area contributed by atoms with Crippen LogP contribution < -0.4 is 21.7 Å². The minimum atomic E-state index is -0.582. The average molecular weight is 399 g/mol. The zero-order valence-corrected chi connectivity index (χ0v) is 18.1. The smallest absolute Gasteiger partial charge is 0.328 e. The monoisotopic (exact) mass is 398 g/mol. The molecule has 0 aromatic carbocycles. The van der Waals surface area contributed by atoms with E-state index in [2.05, 4.69) is 22.9 Å². The highest BCUT2D eigenvalue weighted by atomic mass is 16.5. The number of nitrogens with one attached hydrogen (secondary N) is 3. The summed E-state index contributed by atoms with van der Waals surface area (Å²) in [4.78, 5) is 24.4. The maximum atomic E-state index is 12.2. The first-order chi connectivity index (χ1) is 13.4. The van der Waals surface area contributed by atoms with E-state index in [-0.39, 0.29) is 17.9 Å². The summed E-state index contributed by atoms with van der Waals surface area (Å²) < 4.78 is 5.11. The summed E-state index contributed by atoms with van der Waals surface area (Å²) in [5, 5.41) is 9.21. The second-order valence-corrected chi connectivity index (χ2v) is 7.90. The summed E-state index contributed by atoms with van der Waals surface area (Å²) in [7, 11) is 0. The lowest BCUT2D eigenvalue weighted by Gasteiger charge is -2.18. The first kappa shape index (κ1) is 24.9. The van der Waals surface area contributed by atoms with Crippen LogP contribution in [0, 0.1) is 0 Å². The van der Waals surface area contributed by atoms with E-state index < -0.39 is 11.8 Å². The van der Waals surface area contributed by atoms with Crippen LogP contribution in [0.5, 0.6) is 0 Å². The molecule has 0 aliphatic carbocycles. The number of esters is 1. The molecule has 1 fully saturated rings. The van der Waals surface area contributed by atoms with Crippen LogP contribution in [0.3, 0.4) is 0 Å². The van der Waals surface area contributed by atoms with Gasteiger partial charge in [0.25, 0.3) is 0 Å². The number of rotatable bonds is 17. The minimum Gasteiger partial charge on any atom is -0.464 e. The molecule has 1 aliphatic rings. The van der Waals surface area contributed by atoms with Crippen LogP contribution in [0.25, 0.3) is 0 Å². The van der Waals surface area contributed by atoms with Gasteiger partial charge in [-0.05, 0) is 39.7 Å². The van der Waals surface area contributed by atoms with Gasteiger partial charge in [0.2, 0.25) is 5.91 Å². The summed E-state index contributed by atoms with van der Waals surface area (Å²) in [6.45, 7) is 7.00. The van der Waals surface area contributed by atoms with Crippen molar-refractivity contribution in [1.82, 2.24) is 16.0 Å². The normalized spacial score (nSPS) is 21.9. The molecule has 28 heavy (non-hydrogen) atoms. The third kappa shape index (κ3) is 10.4. The Balaban J connectivity index is 2.20. The molecule has 7 heteroatoms. The van der Waals surface area contributed by atoms with Gasteiger partial charge in [-0.3, -0.25) is 21.2 Å². The van der Waals surface area contributed by atoms with E-state index in [0.29, 0.717) is 26.0 Å². The number of carbonyl (C=O) groups excluding carboxylic acids is 2. The third-order valence-electron chi connectivity index (χ3n) is 5.31. The Morgan fingerprint density at radius 3 is 2.25 bits per heavy atom. The molecule has 0 saturated carbocycles. The van der Waals surface area contributed by atoms with E-state index >= 15 is 0 Å². The van der Waals surface area contributed by atoms with Crippen LogP contribution in [0.4, 0.5) is 0 Å². The van der Waals surface area contributed by atoms with Crippen LogP contribution in [-0.4, -0.2) is 42.9 Å². The fourth-order valence-electron chi connectivity index (χ4n) is 3.30. The van der Waals surface area contributed by atoms with Gasteiger partial charge in [-0.2, -0.15) is 0 Å². The van der Waals surface area contributed by atoms with Crippen molar-refractivity contribution in [1.29, 1.82) is 0 Å². The second kappa shape index (κ2) is 13.9. The molecule has 0 radical (unpaired) electrons. The van der Waals surface area contributed by atoms with Crippen LogP contribution in [0.15, 0.2) is 0 Å². The van der Waals surface area contributed by atoms with Crippen molar-refractivity contribution in [3.63, 3.8) is 0 Å². The number of hydrogen-bond donors (Lipinski definition) is 4. The van der Waals surface area contributed by atoms with Crippen LogP contribution in [0.1, 0.15) is 91.4 Å². The number of carbonyl (C=O) groups is 2. The topological polar surface area (TPSA) is 115 Å². The predicted molar refractivity (Wildman–Crippen MR) is 113 cm³/mol. The molecule has 7 nitrogen and oxygen atoms in total. The number of unbranched alkanes of at least 4 members (excludes halogenated alkanes) is 7. The highest BCUT2D eigenvalue weighted by Crippen LogP contribution is 2.15. The molecule has 1 saturated heterocycles. The van der Waals surface area contributed by atoms with E-state index in [4.69, 9.17) is 10.5 Å². The molecule has 0 spiro atoms. The van der Waals surface area contributed by atoms with Gasteiger partial charge in [-0.25, -0.2) is 4.79 Å². The number of ether oxygens (including phenoxy) is 1. The largest absolute Gasteiger partial charge is 0.464 e. The van der Waals surface area contributed by atoms with Crippen LogP contribution in [0.2, 0.25) is 0 Å². The molecule has 0 aromatic rings.